The van der Waals surface area contributed by atoms with Crippen LogP contribution in [0.1, 0.15) is 37.7 Å². The van der Waals surface area contributed by atoms with Crippen molar-refractivity contribution in [2.45, 2.75) is 51.6 Å². The SMILES string of the molecule is CNC(=O)C1(C(=O)N2CCC[C@H]2Cn2cc(C)cn2)CCC1. The summed E-state index contributed by atoms with van der Waals surface area (Å²) in [6.45, 7) is 3.47. The summed E-state index contributed by atoms with van der Waals surface area (Å²) in [4.78, 5) is 27.1. The molecule has 120 valence electrons. The van der Waals surface area contributed by atoms with Gasteiger partial charge < -0.3 is 10.2 Å². The predicted molar refractivity (Wildman–Crippen MR) is 82.0 cm³/mol. The summed E-state index contributed by atoms with van der Waals surface area (Å²) in [5.41, 5.74) is 0.314. The summed E-state index contributed by atoms with van der Waals surface area (Å²) >= 11 is 0. The Labute approximate surface area is 130 Å². The van der Waals surface area contributed by atoms with Crippen LogP contribution in [0.3, 0.4) is 0 Å². The van der Waals surface area contributed by atoms with E-state index in [-0.39, 0.29) is 17.9 Å². The zero-order valence-corrected chi connectivity index (χ0v) is 13.3. The molecule has 1 saturated heterocycles. The number of carbonyl (C=O) groups excluding carboxylic acids is 2. The van der Waals surface area contributed by atoms with Gasteiger partial charge in [0.05, 0.1) is 18.8 Å². The van der Waals surface area contributed by atoms with E-state index in [1.54, 1.807) is 7.05 Å². The Morgan fingerprint density at radius 3 is 2.73 bits per heavy atom. The summed E-state index contributed by atoms with van der Waals surface area (Å²) in [5.74, 6) is -0.103. The molecule has 1 aliphatic heterocycles. The molecule has 1 aromatic rings. The third-order valence-corrected chi connectivity index (χ3v) is 5.08. The van der Waals surface area contributed by atoms with E-state index in [2.05, 4.69) is 10.4 Å². The van der Waals surface area contributed by atoms with Crippen LogP contribution >= 0.6 is 0 Å². The van der Waals surface area contributed by atoms with Gasteiger partial charge in [-0.25, -0.2) is 0 Å². The highest BCUT2D eigenvalue weighted by Gasteiger charge is 2.53. The van der Waals surface area contributed by atoms with Gasteiger partial charge in [-0.05, 0) is 38.2 Å². The van der Waals surface area contributed by atoms with Crippen molar-refractivity contribution < 1.29 is 9.59 Å². The van der Waals surface area contributed by atoms with Gasteiger partial charge >= 0.3 is 0 Å². The Balaban J connectivity index is 1.74. The average molecular weight is 304 g/mol. The van der Waals surface area contributed by atoms with Crippen LogP contribution in [0.2, 0.25) is 0 Å². The second-order valence-corrected chi connectivity index (χ2v) is 6.55. The van der Waals surface area contributed by atoms with Crippen molar-refractivity contribution in [3.8, 4) is 0 Å². The Morgan fingerprint density at radius 2 is 2.18 bits per heavy atom. The molecular formula is C16H24N4O2. The number of carbonyl (C=O) groups is 2. The highest BCUT2D eigenvalue weighted by atomic mass is 16.2. The maximum Gasteiger partial charge on any atom is 0.238 e. The number of nitrogens with one attached hydrogen (secondary N) is 1. The number of amides is 2. The van der Waals surface area contributed by atoms with Crippen LogP contribution in [0.25, 0.3) is 0 Å². The van der Waals surface area contributed by atoms with Crippen LogP contribution in [0.5, 0.6) is 0 Å². The van der Waals surface area contributed by atoms with Gasteiger partial charge in [0.1, 0.15) is 5.41 Å². The quantitative estimate of drug-likeness (QED) is 0.847. The van der Waals surface area contributed by atoms with Crippen LogP contribution in [-0.2, 0) is 16.1 Å². The lowest BCUT2D eigenvalue weighted by Crippen LogP contribution is -2.57. The fourth-order valence-electron chi connectivity index (χ4n) is 3.66. The minimum Gasteiger partial charge on any atom is -0.358 e. The van der Waals surface area contributed by atoms with Crippen molar-refractivity contribution in [2.24, 2.45) is 5.41 Å². The maximum absolute atomic E-state index is 13.0. The van der Waals surface area contributed by atoms with E-state index in [1.165, 1.54) is 0 Å². The Kier molecular flexibility index (Phi) is 3.93. The number of likely N-dealkylation sites (tertiary alicyclic amines) is 1. The molecular weight excluding hydrogens is 280 g/mol. The van der Waals surface area contributed by atoms with Gasteiger partial charge in [-0.2, -0.15) is 5.10 Å². The zero-order chi connectivity index (χ0) is 15.7. The minimum atomic E-state index is -0.808. The van der Waals surface area contributed by atoms with E-state index < -0.39 is 5.41 Å². The fraction of sp³-hybridized carbons (Fsp3) is 0.688. The van der Waals surface area contributed by atoms with Crippen molar-refractivity contribution in [1.29, 1.82) is 0 Å². The smallest absolute Gasteiger partial charge is 0.238 e. The molecule has 3 rings (SSSR count). The molecule has 1 saturated carbocycles. The third-order valence-electron chi connectivity index (χ3n) is 5.08. The normalized spacial score (nSPS) is 23.2. The number of nitrogens with zero attached hydrogens (tertiary/aromatic N) is 3. The summed E-state index contributed by atoms with van der Waals surface area (Å²) in [7, 11) is 1.61. The van der Waals surface area contributed by atoms with Crippen molar-refractivity contribution in [1.82, 2.24) is 20.0 Å². The van der Waals surface area contributed by atoms with Crippen LogP contribution in [0.15, 0.2) is 12.4 Å². The summed E-state index contributed by atoms with van der Waals surface area (Å²) < 4.78 is 1.90. The molecule has 2 aliphatic rings. The molecule has 0 aromatic carbocycles. The first-order valence-electron chi connectivity index (χ1n) is 8.09. The Morgan fingerprint density at radius 1 is 1.41 bits per heavy atom. The monoisotopic (exact) mass is 304 g/mol. The fourth-order valence-corrected chi connectivity index (χ4v) is 3.66. The molecule has 2 fully saturated rings. The second-order valence-electron chi connectivity index (χ2n) is 6.55. The first-order chi connectivity index (χ1) is 10.6. The molecule has 0 bridgehead atoms. The average Bonchev–Trinajstić information content (AvgIpc) is 3.06. The molecule has 6 nitrogen and oxygen atoms in total. The van der Waals surface area contributed by atoms with Gasteiger partial charge in [0.25, 0.3) is 0 Å². The number of hydrogen-bond acceptors (Lipinski definition) is 3. The molecule has 2 amide bonds. The maximum atomic E-state index is 13.0. The molecule has 0 unspecified atom stereocenters. The second kappa shape index (κ2) is 5.74. The van der Waals surface area contributed by atoms with Crippen molar-refractivity contribution in [3.63, 3.8) is 0 Å². The van der Waals surface area contributed by atoms with Crippen LogP contribution < -0.4 is 5.32 Å². The van der Waals surface area contributed by atoms with Gasteiger partial charge in [-0.3, -0.25) is 14.3 Å². The lowest BCUT2D eigenvalue weighted by molar-refractivity contribution is -0.157. The molecule has 6 heteroatoms. The number of aromatic nitrogens is 2. The first-order valence-corrected chi connectivity index (χ1v) is 8.09. The molecule has 22 heavy (non-hydrogen) atoms. The lowest BCUT2D eigenvalue weighted by Gasteiger charge is -2.42. The number of rotatable bonds is 4. The standard InChI is InChI=1S/C16H24N4O2/c1-12-9-18-19(10-12)11-13-5-3-8-20(13)15(22)16(6-4-7-16)14(21)17-2/h9-10,13H,3-8,11H2,1-2H3,(H,17,21)/t13-/m0/s1. The molecule has 1 atom stereocenters. The Hall–Kier alpha value is -1.85. The predicted octanol–water partition coefficient (Wildman–Crippen LogP) is 1.10. The van der Waals surface area contributed by atoms with Crippen LogP contribution in [0, 0.1) is 12.3 Å². The minimum absolute atomic E-state index is 0.0180. The van der Waals surface area contributed by atoms with Crippen LogP contribution in [0.4, 0.5) is 0 Å². The number of hydrogen-bond donors (Lipinski definition) is 1. The molecule has 1 aliphatic carbocycles. The summed E-state index contributed by atoms with van der Waals surface area (Å²) in [6, 6.07) is 0.147. The highest BCUT2D eigenvalue weighted by molar-refractivity contribution is 6.06. The molecule has 0 radical (unpaired) electrons. The van der Waals surface area contributed by atoms with Crippen LogP contribution in [-0.4, -0.2) is 46.1 Å². The zero-order valence-electron chi connectivity index (χ0n) is 13.3. The summed E-state index contributed by atoms with van der Waals surface area (Å²) in [6.07, 6.45) is 8.12. The van der Waals surface area contributed by atoms with E-state index in [0.717, 1.165) is 31.4 Å². The van der Waals surface area contributed by atoms with Gasteiger partial charge in [0, 0.05) is 19.8 Å². The Bertz CT molecular complexity index is 576. The van der Waals surface area contributed by atoms with E-state index >= 15 is 0 Å². The van der Waals surface area contributed by atoms with Gasteiger partial charge in [-0.15, -0.1) is 0 Å². The topological polar surface area (TPSA) is 67.2 Å². The van der Waals surface area contributed by atoms with E-state index in [0.29, 0.717) is 19.4 Å². The van der Waals surface area contributed by atoms with E-state index in [1.807, 2.05) is 28.9 Å². The largest absolute Gasteiger partial charge is 0.358 e. The van der Waals surface area contributed by atoms with Gasteiger partial charge in [0.2, 0.25) is 11.8 Å². The van der Waals surface area contributed by atoms with Crippen molar-refractivity contribution >= 4 is 11.8 Å². The van der Waals surface area contributed by atoms with Crippen molar-refractivity contribution in [2.75, 3.05) is 13.6 Å². The lowest BCUT2D eigenvalue weighted by atomic mass is 9.67. The molecule has 1 aromatic heterocycles. The third kappa shape index (κ3) is 2.40. The molecule has 0 spiro atoms. The van der Waals surface area contributed by atoms with E-state index in [4.69, 9.17) is 0 Å². The molecule has 1 N–H and O–H groups in total. The van der Waals surface area contributed by atoms with E-state index in [9.17, 15) is 9.59 Å². The number of aryl methyl sites for hydroxylation is 1. The van der Waals surface area contributed by atoms with Crippen molar-refractivity contribution in [3.05, 3.63) is 18.0 Å². The molecule has 2 heterocycles. The van der Waals surface area contributed by atoms with Gasteiger partial charge in [0.15, 0.2) is 0 Å². The first kappa shape index (κ1) is 15.1. The summed E-state index contributed by atoms with van der Waals surface area (Å²) in [5, 5.41) is 7.00. The van der Waals surface area contributed by atoms with Gasteiger partial charge in [-0.1, -0.05) is 6.42 Å². The highest BCUT2D eigenvalue weighted by Crippen LogP contribution is 2.44.